The second kappa shape index (κ2) is 5.14. The normalized spacial score (nSPS) is 11.0. The molecule has 3 nitrogen and oxygen atoms in total. The zero-order chi connectivity index (χ0) is 14.1. The van der Waals surface area contributed by atoms with Gasteiger partial charge in [0.2, 0.25) is 0 Å². The van der Waals surface area contributed by atoms with Gasteiger partial charge in [0.05, 0.1) is 5.39 Å². The van der Waals surface area contributed by atoms with Gasteiger partial charge in [-0.3, -0.25) is 0 Å². The zero-order valence-electron chi connectivity index (χ0n) is 11.3. The minimum Gasteiger partial charge on any atom is -0.365 e. The second-order valence-corrected chi connectivity index (χ2v) is 5.75. The van der Waals surface area contributed by atoms with Gasteiger partial charge in [-0.1, -0.05) is 42.5 Å². The van der Waals surface area contributed by atoms with Crippen molar-refractivity contribution in [3.63, 3.8) is 0 Å². The number of rotatable bonds is 3. The molecule has 2 aromatic heterocycles. The van der Waals surface area contributed by atoms with Crippen LogP contribution >= 0.6 is 11.3 Å². The maximum absolute atomic E-state index is 4.36. The molecule has 21 heavy (non-hydrogen) atoms. The average Bonchev–Trinajstić information content (AvgIpc) is 3.02. The maximum atomic E-state index is 4.36. The number of benzene rings is 2. The van der Waals surface area contributed by atoms with Crippen molar-refractivity contribution in [1.82, 2.24) is 9.97 Å². The van der Waals surface area contributed by atoms with Crippen molar-refractivity contribution in [3.8, 4) is 0 Å². The minimum atomic E-state index is 0.753. The summed E-state index contributed by atoms with van der Waals surface area (Å²) in [5, 5.41) is 9.11. The molecule has 0 unspecified atom stereocenters. The summed E-state index contributed by atoms with van der Waals surface area (Å²) in [6.07, 6.45) is 1.62. The number of fused-ring (bicyclic) bond motifs is 2. The molecule has 0 saturated carbocycles. The van der Waals surface area contributed by atoms with Gasteiger partial charge in [0.1, 0.15) is 17.0 Å². The Morgan fingerprint density at radius 1 is 0.905 bits per heavy atom. The Kier molecular flexibility index (Phi) is 3.01. The molecule has 4 heteroatoms. The van der Waals surface area contributed by atoms with Gasteiger partial charge in [0.15, 0.2) is 0 Å². The van der Waals surface area contributed by atoms with E-state index in [1.165, 1.54) is 16.3 Å². The molecule has 0 fully saturated rings. The van der Waals surface area contributed by atoms with Crippen molar-refractivity contribution in [1.29, 1.82) is 0 Å². The van der Waals surface area contributed by atoms with E-state index >= 15 is 0 Å². The SMILES string of the molecule is c1ccc2c(CNc3ncnc4sccc34)cccc2c1. The fraction of sp³-hybridized carbons (Fsp3) is 0.0588. The van der Waals surface area contributed by atoms with Gasteiger partial charge >= 0.3 is 0 Å². The lowest BCUT2D eigenvalue weighted by Gasteiger charge is -2.09. The van der Waals surface area contributed by atoms with Gasteiger partial charge < -0.3 is 5.32 Å². The number of anilines is 1. The predicted octanol–water partition coefficient (Wildman–Crippen LogP) is 4.46. The Balaban J connectivity index is 1.68. The maximum Gasteiger partial charge on any atom is 0.138 e. The van der Waals surface area contributed by atoms with Gasteiger partial charge in [-0.25, -0.2) is 9.97 Å². The van der Waals surface area contributed by atoms with Crippen LogP contribution in [0.25, 0.3) is 21.0 Å². The Morgan fingerprint density at radius 2 is 1.81 bits per heavy atom. The van der Waals surface area contributed by atoms with Crippen LogP contribution in [0.3, 0.4) is 0 Å². The lowest BCUT2D eigenvalue weighted by Crippen LogP contribution is -2.02. The highest BCUT2D eigenvalue weighted by molar-refractivity contribution is 7.16. The summed E-state index contributed by atoms with van der Waals surface area (Å²) < 4.78 is 0. The molecular formula is C17H13N3S. The van der Waals surface area contributed by atoms with E-state index in [0.717, 1.165) is 22.6 Å². The first kappa shape index (κ1) is 12.3. The number of thiophene rings is 1. The standard InChI is InChI=1S/C17H13N3S/c1-2-7-14-12(4-1)5-3-6-13(14)10-18-16-15-8-9-21-17(15)20-11-19-16/h1-9,11H,10H2,(H,18,19,20). The summed E-state index contributed by atoms with van der Waals surface area (Å²) in [6, 6.07) is 16.9. The van der Waals surface area contributed by atoms with Crippen LogP contribution in [0.4, 0.5) is 5.82 Å². The van der Waals surface area contributed by atoms with Crippen LogP contribution in [0.2, 0.25) is 0 Å². The molecule has 1 N–H and O–H groups in total. The second-order valence-electron chi connectivity index (χ2n) is 4.85. The number of hydrogen-bond donors (Lipinski definition) is 1. The average molecular weight is 291 g/mol. The first-order valence-electron chi connectivity index (χ1n) is 6.80. The number of nitrogens with one attached hydrogen (secondary N) is 1. The molecule has 0 atom stereocenters. The first-order chi connectivity index (χ1) is 10.4. The molecule has 0 aliphatic heterocycles. The van der Waals surface area contributed by atoms with E-state index in [-0.39, 0.29) is 0 Å². The van der Waals surface area contributed by atoms with Crippen molar-refractivity contribution in [2.24, 2.45) is 0 Å². The van der Waals surface area contributed by atoms with Crippen LogP contribution < -0.4 is 5.32 Å². The molecule has 0 bridgehead atoms. The number of nitrogens with zero attached hydrogens (tertiary/aromatic N) is 2. The summed E-state index contributed by atoms with van der Waals surface area (Å²) in [4.78, 5) is 9.65. The lowest BCUT2D eigenvalue weighted by atomic mass is 10.0. The van der Waals surface area contributed by atoms with Crippen molar-refractivity contribution in [2.75, 3.05) is 5.32 Å². The minimum absolute atomic E-state index is 0.753. The molecule has 0 aliphatic rings. The zero-order valence-corrected chi connectivity index (χ0v) is 12.1. The molecule has 2 aromatic carbocycles. The van der Waals surface area contributed by atoms with Crippen molar-refractivity contribution in [2.45, 2.75) is 6.54 Å². The Labute approximate surface area is 126 Å². The van der Waals surface area contributed by atoms with E-state index in [1.54, 1.807) is 17.7 Å². The topological polar surface area (TPSA) is 37.8 Å². The highest BCUT2D eigenvalue weighted by Gasteiger charge is 2.05. The molecular weight excluding hydrogens is 278 g/mol. The molecule has 2 heterocycles. The van der Waals surface area contributed by atoms with Crippen molar-refractivity contribution >= 4 is 38.1 Å². The summed E-state index contributed by atoms with van der Waals surface area (Å²) in [5.74, 6) is 0.897. The van der Waals surface area contributed by atoms with Crippen LogP contribution in [0, 0.1) is 0 Å². The summed E-state index contributed by atoms with van der Waals surface area (Å²) in [5.41, 5.74) is 1.27. The third-order valence-corrected chi connectivity index (χ3v) is 4.41. The van der Waals surface area contributed by atoms with Gasteiger partial charge in [0, 0.05) is 6.54 Å². The molecule has 4 aromatic rings. The fourth-order valence-electron chi connectivity index (χ4n) is 2.56. The first-order valence-corrected chi connectivity index (χ1v) is 7.68. The van der Waals surface area contributed by atoms with Crippen LogP contribution in [0.5, 0.6) is 0 Å². The number of hydrogen-bond acceptors (Lipinski definition) is 4. The third kappa shape index (κ3) is 2.23. The van der Waals surface area contributed by atoms with Gasteiger partial charge in [-0.05, 0) is 27.8 Å². The smallest absolute Gasteiger partial charge is 0.138 e. The number of aromatic nitrogens is 2. The van der Waals surface area contributed by atoms with Gasteiger partial charge in [-0.2, -0.15) is 0 Å². The quantitative estimate of drug-likeness (QED) is 0.605. The highest BCUT2D eigenvalue weighted by Crippen LogP contribution is 2.25. The van der Waals surface area contributed by atoms with Crippen molar-refractivity contribution < 1.29 is 0 Å². The van der Waals surface area contributed by atoms with Crippen molar-refractivity contribution in [3.05, 3.63) is 65.8 Å². The molecule has 102 valence electrons. The molecule has 0 spiro atoms. The van der Waals surface area contributed by atoms with E-state index in [0.29, 0.717) is 0 Å². The van der Waals surface area contributed by atoms with E-state index < -0.39 is 0 Å². The Morgan fingerprint density at radius 3 is 2.81 bits per heavy atom. The predicted molar refractivity (Wildman–Crippen MR) is 88.7 cm³/mol. The lowest BCUT2D eigenvalue weighted by molar-refractivity contribution is 1.12. The third-order valence-electron chi connectivity index (χ3n) is 3.59. The molecule has 4 rings (SSSR count). The molecule has 0 saturated heterocycles. The Bertz CT molecular complexity index is 909. The van der Waals surface area contributed by atoms with E-state index in [4.69, 9.17) is 0 Å². The monoisotopic (exact) mass is 291 g/mol. The van der Waals surface area contributed by atoms with E-state index in [2.05, 4.69) is 63.8 Å². The Hall–Kier alpha value is -2.46. The largest absolute Gasteiger partial charge is 0.365 e. The molecule has 0 radical (unpaired) electrons. The molecule has 0 aliphatic carbocycles. The van der Waals surface area contributed by atoms with Crippen LogP contribution in [-0.4, -0.2) is 9.97 Å². The van der Waals surface area contributed by atoms with Gasteiger partial charge in [0.25, 0.3) is 0 Å². The summed E-state index contributed by atoms with van der Waals surface area (Å²) in [6.45, 7) is 0.753. The van der Waals surface area contributed by atoms with Crippen LogP contribution in [0.1, 0.15) is 5.56 Å². The summed E-state index contributed by atoms with van der Waals surface area (Å²) >= 11 is 1.63. The van der Waals surface area contributed by atoms with Crippen LogP contribution in [-0.2, 0) is 6.54 Å². The molecule has 0 amide bonds. The van der Waals surface area contributed by atoms with Gasteiger partial charge in [-0.15, -0.1) is 11.3 Å². The summed E-state index contributed by atoms with van der Waals surface area (Å²) in [7, 11) is 0. The fourth-order valence-corrected chi connectivity index (χ4v) is 3.29. The highest BCUT2D eigenvalue weighted by atomic mass is 32.1. The van der Waals surface area contributed by atoms with Crippen LogP contribution in [0.15, 0.2) is 60.2 Å². The van der Waals surface area contributed by atoms with E-state index in [1.807, 2.05) is 5.38 Å². The van der Waals surface area contributed by atoms with E-state index in [9.17, 15) is 0 Å².